The van der Waals surface area contributed by atoms with Crippen LogP contribution in [0.5, 0.6) is 0 Å². The first kappa shape index (κ1) is 28.1. The number of pyridine rings is 1. The second kappa shape index (κ2) is 12.0. The molecule has 212 valence electrons. The molecule has 5 rings (SSSR count). The van der Waals surface area contributed by atoms with Crippen molar-refractivity contribution >= 4 is 40.0 Å². The standard InChI is InChI=1S/C33H36N4O4/c1-33(2,3)41-32(39)37-27-13-12-23(21-8-6-5-7-9-21)18-30(27)36-31(38)25-16-24-17-26(22-10-11-22)29(34-14-15-40-4)19-28(24)35-20-25/h5-9,12-13,16-20,22,34H,10-11,14-15H2,1-4H3,(H,36,38)(H,37,39). The molecule has 2 amide bonds. The number of carbonyl (C=O) groups excluding carboxylic acids is 2. The average Bonchev–Trinajstić information content (AvgIpc) is 3.78. The minimum Gasteiger partial charge on any atom is -0.444 e. The predicted octanol–water partition coefficient (Wildman–Crippen LogP) is 7.44. The van der Waals surface area contributed by atoms with Crippen LogP contribution < -0.4 is 16.0 Å². The molecule has 3 N–H and O–H groups in total. The highest BCUT2D eigenvalue weighted by Gasteiger charge is 2.27. The third-order valence-corrected chi connectivity index (χ3v) is 6.76. The highest BCUT2D eigenvalue weighted by atomic mass is 16.6. The molecule has 0 unspecified atom stereocenters. The lowest BCUT2D eigenvalue weighted by Gasteiger charge is -2.21. The molecule has 3 aromatic carbocycles. The number of nitrogens with zero attached hydrogens (tertiary/aromatic N) is 1. The van der Waals surface area contributed by atoms with Crippen molar-refractivity contribution in [1.82, 2.24) is 4.98 Å². The number of ether oxygens (including phenoxy) is 2. The highest BCUT2D eigenvalue weighted by Crippen LogP contribution is 2.44. The first-order valence-corrected chi connectivity index (χ1v) is 13.9. The second-order valence-corrected chi connectivity index (χ2v) is 11.3. The normalized spacial score (nSPS) is 13.1. The molecule has 0 saturated heterocycles. The van der Waals surface area contributed by atoms with E-state index in [1.807, 2.05) is 54.6 Å². The van der Waals surface area contributed by atoms with Crippen molar-refractivity contribution in [2.24, 2.45) is 0 Å². The molecule has 0 atom stereocenters. The Hall–Kier alpha value is -4.43. The van der Waals surface area contributed by atoms with Crippen molar-refractivity contribution < 1.29 is 19.1 Å². The third-order valence-electron chi connectivity index (χ3n) is 6.76. The van der Waals surface area contributed by atoms with Gasteiger partial charge in [0, 0.05) is 30.9 Å². The summed E-state index contributed by atoms with van der Waals surface area (Å²) < 4.78 is 10.6. The summed E-state index contributed by atoms with van der Waals surface area (Å²) in [5, 5.41) is 10.1. The summed E-state index contributed by atoms with van der Waals surface area (Å²) in [6, 6.07) is 21.4. The van der Waals surface area contributed by atoms with Crippen LogP contribution >= 0.6 is 0 Å². The minimum atomic E-state index is -0.660. The molecule has 4 aromatic rings. The summed E-state index contributed by atoms with van der Waals surface area (Å²) >= 11 is 0. The largest absolute Gasteiger partial charge is 0.444 e. The molecule has 8 heteroatoms. The van der Waals surface area contributed by atoms with Gasteiger partial charge in [0.1, 0.15) is 5.60 Å². The predicted molar refractivity (Wildman–Crippen MR) is 164 cm³/mol. The second-order valence-electron chi connectivity index (χ2n) is 11.3. The smallest absolute Gasteiger partial charge is 0.412 e. The van der Waals surface area contributed by atoms with Crippen molar-refractivity contribution in [3.8, 4) is 11.1 Å². The molecule has 0 radical (unpaired) electrons. The van der Waals surface area contributed by atoms with Crippen LogP contribution in [-0.4, -0.2) is 42.8 Å². The van der Waals surface area contributed by atoms with E-state index in [-0.39, 0.29) is 5.91 Å². The van der Waals surface area contributed by atoms with Gasteiger partial charge in [-0.1, -0.05) is 36.4 Å². The van der Waals surface area contributed by atoms with Crippen LogP contribution in [0.1, 0.15) is 55.5 Å². The van der Waals surface area contributed by atoms with Crippen molar-refractivity contribution in [2.45, 2.75) is 45.1 Å². The van der Waals surface area contributed by atoms with Gasteiger partial charge in [-0.2, -0.15) is 0 Å². The number of hydrogen-bond donors (Lipinski definition) is 3. The van der Waals surface area contributed by atoms with Crippen LogP contribution in [0.2, 0.25) is 0 Å². The summed E-state index contributed by atoms with van der Waals surface area (Å²) in [6.07, 6.45) is 3.29. The van der Waals surface area contributed by atoms with Crippen LogP contribution in [0.4, 0.5) is 21.9 Å². The SMILES string of the molecule is COCCNc1cc2ncc(C(=O)Nc3cc(-c4ccccc4)ccc3NC(=O)OC(C)(C)C)cc2cc1C1CC1. The van der Waals surface area contributed by atoms with E-state index in [1.54, 1.807) is 40.1 Å². The van der Waals surface area contributed by atoms with E-state index in [2.05, 4.69) is 27.0 Å². The van der Waals surface area contributed by atoms with Gasteiger partial charge < -0.3 is 20.1 Å². The van der Waals surface area contributed by atoms with Gasteiger partial charge in [0.15, 0.2) is 0 Å². The number of hydrogen-bond acceptors (Lipinski definition) is 6. The monoisotopic (exact) mass is 552 g/mol. The van der Waals surface area contributed by atoms with Gasteiger partial charge in [-0.05, 0) is 86.6 Å². The Morgan fingerprint density at radius 3 is 2.39 bits per heavy atom. The number of rotatable bonds is 9. The number of nitrogens with one attached hydrogen (secondary N) is 3. The number of anilines is 3. The van der Waals surface area contributed by atoms with E-state index in [1.165, 1.54) is 5.56 Å². The van der Waals surface area contributed by atoms with E-state index >= 15 is 0 Å². The fourth-order valence-electron chi connectivity index (χ4n) is 4.67. The van der Waals surface area contributed by atoms with Gasteiger partial charge in [0.05, 0.1) is 29.1 Å². The Labute approximate surface area is 240 Å². The average molecular weight is 553 g/mol. The van der Waals surface area contributed by atoms with Crippen molar-refractivity contribution in [2.75, 3.05) is 36.2 Å². The summed E-state index contributed by atoms with van der Waals surface area (Å²) in [6.45, 7) is 6.73. The Balaban J connectivity index is 1.44. The molecule has 0 bridgehead atoms. The van der Waals surface area contributed by atoms with Gasteiger partial charge >= 0.3 is 6.09 Å². The number of methoxy groups -OCH3 is 1. The van der Waals surface area contributed by atoms with E-state index in [0.717, 1.165) is 40.6 Å². The molecular formula is C33H36N4O4. The van der Waals surface area contributed by atoms with Crippen LogP contribution in [0.3, 0.4) is 0 Å². The Kier molecular flexibility index (Phi) is 8.21. The number of aromatic nitrogens is 1. The lowest BCUT2D eigenvalue weighted by Crippen LogP contribution is -2.27. The van der Waals surface area contributed by atoms with Crippen LogP contribution in [-0.2, 0) is 9.47 Å². The topological polar surface area (TPSA) is 102 Å². The maximum Gasteiger partial charge on any atom is 0.412 e. The Bertz CT molecular complexity index is 1560. The highest BCUT2D eigenvalue weighted by molar-refractivity contribution is 6.08. The van der Waals surface area contributed by atoms with Gasteiger partial charge in [0.2, 0.25) is 0 Å². The molecule has 1 heterocycles. The maximum atomic E-state index is 13.5. The van der Waals surface area contributed by atoms with Gasteiger partial charge in [-0.15, -0.1) is 0 Å². The van der Waals surface area contributed by atoms with Crippen LogP contribution in [0.25, 0.3) is 22.0 Å². The molecule has 1 fully saturated rings. The molecule has 8 nitrogen and oxygen atoms in total. The summed E-state index contributed by atoms with van der Waals surface area (Å²) in [5.74, 6) is 0.191. The van der Waals surface area contributed by atoms with Crippen molar-refractivity contribution in [1.29, 1.82) is 0 Å². The zero-order valence-corrected chi connectivity index (χ0v) is 23.9. The maximum absolute atomic E-state index is 13.5. The fraction of sp³-hybridized carbons (Fsp3) is 0.303. The molecule has 0 aliphatic heterocycles. The van der Waals surface area contributed by atoms with Crippen LogP contribution in [0, 0.1) is 0 Å². The molecule has 1 aliphatic rings. The molecule has 1 aromatic heterocycles. The lowest BCUT2D eigenvalue weighted by atomic mass is 10.0. The zero-order chi connectivity index (χ0) is 29.0. The number of amides is 2. The Morgan fingerprint density at radius 2 is 1.68 bits per heavy atom. The zero-order valence-electron chi connectivity index (χ0n) is 23.9. The third kappa shape index (κ3) is 7.21. The van der Waals surface area contributed by atoms with Crippen molar-refractivity contribution in [3.63, 3.8) is 0 Å². The Morgan fingerprint density at radius 1 is 0.902 bits per heavy atom. The van der Waals surface area contributed by atoms with Gasteiger partial charge in [-0.3, -0.25) is 15.1 Å². The van der Waals surface area contributed by atoms with E-state index in [9.17, 15) is 9.59 Å². The fourth-order valence-corrected chi connectivity index (χ4v) is 4.67. The molecular weight excluding hydrogens is 516 g/mol. The molecule has 0 spiro atoms. The summed E-state index contributed by atoms with van der Waals surface area (Å²) in [7, 11) is 1.69. The number of carbonyl (C=O) groups is 2. The van der Waals surface area contributed by atoms with E-state index in [4.69, 9.17) is 9.47 Å². The van der Waals surface area contributed by atoms with Crippen LogP contribution in [0.15, 0.2) is 72.9 Å². The minimum absolute atomic E-state index is 0.327. The summed E-state index contributed by atoms with van der Waals surface area (Å²) in [4.78, 5) is 30.7. The number of benzene rings is 3. The van der Waals surface area contributed by atoms with Gasteiger partial charge in [-0.25, -0.2) is 4.79 Å². The summed E-state index contributed by atoms with van der Waals surface area (Å²) in [5.41, 5.74) is 5.66. The van der Waals surface area contributed by atoms with E-state index in [0.29, 0.717) is 36.0 Å². The quantitative estimate of drug-likeness (QED) is 0.187. The van der Waals surface area contributed by atoms with E-state index < -0.39 is 11.7 Å². The molecule has 1 aliphatic carbocycles. The molecule has 1 saturated carbocycles. The van der Waals surface area contributed by atoms with Gasteiger partial charge in [0.25, 0.3) is 5.91 Å². The molecule has 41 heavy (non-hydrogen) atoms. The first-order valence-electron chi connectivity index (χ1n) is 13.9. The van der Waals surface area contributed by atoms with Crippen molar-refractivity contribution in [3.05, 3.63) is 84.1 Å². The lowest BCUT2D eigenvalue weighted by molar-refractivity contribution is 0.0635. The number of fused-ring (bicyclic) bond motifs is 1. The first-order chi connectivity index (χ1) is 19.7.